The van der Waals surface area contributed by atoms with Crippen molar-refractivity contribution in [1.29, 1.82) is 0 Å². The second-order valence-electron chi connectivity index (χ2n) is 9.94. The van der Waals surface area contributed by atoms with E-state index in [0.29, 0.717) is 38.3 Å². The highest BCUT2D eigenvalue weighted by atomic mass is 16.6. The summed E-state index contributed by atoms with van der Waals surface area (Å²) in [5.74, 6) is 0.663. The minimum absolute atomic E-state index is 0.0213. The van der Waals surface area contributed by atoms with E-state index in [9.17, 15) is 9.59 Å². The van der Waals surface area contributed by atoms with Gasteiger partial charge < -0.3 is 24.2 Å². The van der Waals surface area contributed by atoms with Crippen molar-refractivity contribution in [3.05, 3.63) is 65.2 Å². The molecular formula is C27H37N3O4. The van der Waals surface area contributed by atoms with Crippen LogP contribution in [0.25, 0.3) is 0 Å². The van der Waals surface area contributed by atoms with E-state index in [0.717, 1.165) is 23.2 Å². The average Bonchev–Trinajstić information content (AvgIpc) is 2.79. The first-order chi connectivity index (χ1) is 16.1. The number of carbonyl (C=O) groups excluding carboxylic acids is 2. The summed E-state index contributed by atoms with van der Waals surface area (Å²) in [5, 5.41) is 0. The number of hydrogen-bond donors (Lipinski definition) is 0. The summed E-state index contributed by atoms with van der Waals surface area (Å²) < 4.78 is 11.5. The largest absolute Gasteiger partial charge is 0.483 e. The number of benzene rings is 2. The molecule has 0 spiro atoms. The molecule has 2 aromatic rings. The number of carbonyl (C=O) groups is 2. The van der Waals surface area contributed by atoms with Crippen LogP contribution < -0.4 is 4.74 Å². The maximum atomic E-state index is 13.1. The van der Waals surface area contributed by atoms with E-state index in [2.05, 4.69) is 4.90 Å². The summed E-state index contributed by atoms with van der Waals surface area (Å²) >= 11 is 0. The summed E-state index contributed by atoms with van der Waals surface area (Å²) in [7, 11) is 4.00. The molecule has 0 saturated heterocycles. The lowest BCUT2D eigenvalue weighted by Gasteiger charge is -2.32. The average molecular weight is 468 g/mol. The molecule has 184 valence electrons. The van der Waals surface area contributed by atoms with Crippen molar-refractivity contribution in [1.82, 2.24) is 14.7 Å². The molecule has 0 saturated carbocycles. The van der Waals surface area contributed by atoms with Crippen LogP contribution >= 0.6 is 0 Å². The standard InChI is InChI=1S/C27H37N3O4/c1-27(2,3)34-26(32)30-15-14-23-22(19-30)12-9-13-24(23)33-20-25(31)29(17-16-28(4)5)18-21-10-7-6-8-11-21/h6-13H,14-20H2,1-5H3. The van der Waals surface area contributed by atoms with Gasteiger partial charge in [-0.1, -0.05) is 42.5 Å². The Morgan fingerprint density at radius 3 is 2.41 bits per heavy atom. The Balaban J connectivity index is 1.64. The van der Waals surface area contributed by atoms with Gasteiger partial charge in [-0.2, -0.15) is 0 Å². The highest BCUT2D eigenvalue weighted by molar-refractivity contribution is 5.78. The van der Waals surface area contributed by atoms with Crippen molar-refractivity contribution in [2.75, 3.05) is 40.3 Å². The normalized spacial score (nSPS) is 13.4. The lowest BCUT2D eigenvalue weighted by molar-refractivity contribution is -0.134. The third-order valence-corrected chi connectivity index (χ3v) is 5.61. The first-order valence-corrected chi connectivity index (χ1v) is 11.8. The van der Waals surface area contributed by atoms with Crippen LogP contribution in [0.3, 0.4) is 0 Å². The minimum atomic E-state index is -0.527. The van der Waals surface area contributed by atoms with Gasteiger partial charge in [-0.05, 0) is 58.5 Å². The van der Waals surface area contributed by atoms with Gasteiger partial charge in [-0.25, -0.2) is 4.79 Å². The second kappa shape index (κ2) is 11.4. The molecule has 7 heteroatoms. The number of rotatable bonds is 8. The Kier molecular flexibility index (Phi) is 8.56. The number of hydrogen-bond acceptors (Lipinski definition) is 5. The van der Waals surface area contributed by atoms with Crippen LogP contribution in [0.5, 0.6) is 5.75 Å². The molecule has 2 aromatic carbocycles. The van der Waals surface area contributed by atoms with Gasteiger partial charge in [-0.15, -0.1) is 0 Å². The first-order valence-electron chi connectivity index (χ1n) is 11.8. The molecule has 1 heterocycles. The number of nitrogens with zero attached hydrogens (tertiary/aromatic N) is 3. The summed E-state index contributed by atoms with van der Waals surface area (Å²) in [6.07, 6.45) is 0.352. The predicted octanol–water partition coefficient (Wildman–Crippen LogP) is 3.95. The molecular weight excluding hydrogens is 430 g/mol. The summed E-state index contributed by atoms with van der Waals surface area (Å²) in [4.78, 5) is 31.2. The van der Waals surface area contributed by atoms with Crippen molar-refractivity contribution in [2.24, 2.45) is 0 Å². The number of ether oxygens (including phenoxy) is 2. The zero-order chi connectivity index (χ0) is 24.7. The number of amides is 2. The molecule has 0 unspecified atom stereocenters. The van der Waals surface area contributed by atoms with E-state index in [1.807, 2.05) is 88.3 Å². The third-order valence-electron chi connectivity index (χ3n) is 5.61. The molecule has 2 amide bonds. The topological polar surface area (TPSA) is 62.3 Å². The van der Waals surface area contributed by atoms with Crippen molar-refractivity contribution in [3.63, 3.8) is 0 Å². The van der Waals surface area contributed by atoms with Crippen molar-refractivity contribution in [3.8, 4) is 5.75 Å². The molecule has 0 aromatic heterocycles. The lowest BCUT2D eigenvalue weighted by atomic mass is 9.99. The van der Waals surface area contributed by atoms with Gasteiger partial charge >= 0.3 is 6.09 Å². The van der Waals surface area contributed by atoms with Crippen LogP contribution in [0.4, 0.5) is 4.79 Å². The van der Waals surface area contributed by atoms with E-state index >= 15 is 0 Å². The molecule has 1 aliphatic rings. The number of likely N-dealkylation sites (N-methyl/N-ethyl adjacent to an activating group) is 1. The van der Waals surface area contributed by atoms with E-state index in [-0.39, 0.29) is 18.6 Å². The van der Waals surface area contributed by atoms with Crippen molar-refractivity contribution in [2.45, 2.75) is 45.9 Å². The van der Waals surface area contributed by atoms with Gasteiger partial charge in [0, 0.05) is 38.3 Å². The fourth-order valence-corrected chi connectivity index (χ4v) is 3.84. The molecule has 0 aliphatic carbocycles. The van der Waals surface area contributed by atoms with Crippen LogP contribution in [-0.4, -0.2) is 72.6 Å². The molecule has 0 bridgehead atoms. The summed E-state index contributed by atoms with van der Waals surface area (Å²) in [6.45, 7) is 8.56. The Hall–Kier alpha value is -3.06. The Bertz CT molecular complexity index is 970. The maximum absolute atomic E-state index is 13.1. The molecule has 0 N–H and O–H groups in total. The monoisotopic (exact) mass is 467 g/mol. The lowest BCUT2D eigenvalue weighted by Crippen LogP contribution is -2.40. The molecule has 1 aliphatic heterocycles. The summed E-state index contributed by atoms with van der Waals surface area (Å²) in [5.41, 5.74) is 2.64. The molecule has 3 rings (SSSR count). The molecule has 7 nitrogen and oxygen atoms in total. The molecule has 0 atom stereocenters. The molecule has 34 heavy (non-hydrogen) atoms. The van der Waals surface area contributed by atoms with E-state index < -0.39 is 5.60 Å². The fourth-order valence-electron chi connectivity index (χ4n) is 3.84. The smallest absolute Gasteiger partial charge is 0.410 e. The van der Waals surface area contributed by atoms with E-state index in [1.165, 1.54) is 0 Å². The van der Waals surface area contributed by atoms with Crippen LogP contribution in [0.2, 0.25) is 0 Å². The van der Waals surface area contributed by atoms with Gasteiger partial charge in [-0.3, -0.25) is 4.79 Å². The summed E-state index contributed by atoms with van der Waals surface area (Å²) in [6, 6.07) is 15.8. The second-order valence-corrected chi connectivity index (χ2v) is 9.94. The zero-order valence-corrected chi connectivity index (χ0v) is 21.0. The highest BCUT2D eigenvalue weighted by Crippen LogP contribution is 2.29. The van der Waals surface area contributed by atoms with Gasteiger partial charge in [0.1, 0.15) is 11.4 Å². The van der Waals surface area contributed by atoms with Crippen molar-refractivity contribution >= 4 is 12.0 Å². The predicted molar refractivity (Wildman–Crippen MR) is 133 cm³/mol. The molecule has 0 fully saturated rings. The Morgan fingerprint density at radius 2 is 1.74 bits per heavy atom. The number of fused-ring (bicyclic) bond motifs is 1. The van der Waals surface area contributed by atoms with Gasteiger partial charge in [0.2, 0.25) is 0 Å². The van der Waals surface area contributed by atoms with Crippen LogP contribution in [-0.2, 0) is 29.0 Å². The zero-order valence-electron chi connectivity index (χ0n) is 21.0. The molecule has 0 radical (unpaired) electrons. The van der Waals surface area contributed by atoms with Crippen LogP contribution in [0.1, 0.15) is 37.5 Å². The SMILES string of the molecule is CN(C)CCN(Cc1ccccc1)C(=O)COc1cccc2c1CCN(C(=O)OC(C)(C)C)C2. The van der Waals surface area contributed by atoms with Crippen molar-refractivity contribution < 1.29 is 19.1 Å². The van der Waals surface area contributed by atoms with Crippen LogP contribution in [0, 0.1) is 0 Å². The van der Waals surface area contributed by atoms with Gasteiger partial charge in [0.05, 0.1) is 0 Å². The quantitative estimate of drug-likeness (QED) is 0.588. The maximum Gasteiger partial charge on any atom is 0.410 e. The van der Waals surface area contributed by atoms with Gasteiger partial charge in [0.15, 0.2) is 6.61 Å². The van der Waals surface area contributed by atoms with Gasteiger partial charge in [0.25, 0.3) is 5.91 Å². The fraction of sp³-hybridized carbons (Fsp3) is 0.481. The van der Waals surface area contributed by atoms with Crippen LogP contribution in [0.15, 0.2) is 48.5 Å². The first kappa shape index (κ1) is 25.6. The third kappa shape index (κ3) is 7.48. The Morgan fingerprint density at radius 1 is 1.00 bits per heavy atom. The van der Waals surface area contributed by atoms with E-state index in [1.54, 1.807) is 4.90 Å². The highest BCUT2D eigenvalue weighted by Gasteiger charge is 2.27. The van der Waals surface area contributed by atoms with E-state index in [4.69, 9.17) is 9.47 Å². The minimum Gasteiger partial charge on any atom is -0.483 e. The Labute approximate surface area is 203 Å².